The first-order chi connectivity index (χ1) is 12.0. The number of carbonyl (C=O) groups is 1. The Balaban J connectivity index is 1.81. The Bertz CT molecular complexity index is 982. The van der Waals surface area contributed by atoms with Crippen molar-refractivity contribution in [1.82, 2.24) is 9.78 Å². The summed E-state index contributed by atoms with van der Waals surface area (Å²) in [4.78, 5) is 35.4. The molecule has 0 radical (unpaired) electrons. The van der Waals surface area contributed by atoms with E-state index < -0.39 is 16.4 Å². The summed E-state index contributed by atoms with van der Waals surface area (Å²) < 4.78 is 1.03. The Morgan fingerprint density at radius 1 is 1.20 bits per heavy atom. The van der Waals surface area contributed by atoms with Crippen molar-refractivity contribution in [2.24, 2.45) is 0 Å². The number of hydrogen-bond acceptors (Lipinski definition) is 6. The number of aromatic nitrogens is 2. The minimum absolute atomic E-state index is 0.0694. The van der Waals surface area contributed by atoms with E-state index in [1.165, 1.54) is 35.6 Å². The van der Waals surface area contributed by atoms with E-state index in [9.17, 15) is 19.7 Å². The smallest absolute Gasteiger partial charge is 0.292 e. The first kappa shape index (κ1) is 16.5. The van der Waals surface area contributed by atoms with Crippen LogP contribution >= 0.6 is 11.3 Å². The van der Waals surface area contributed by atoms with E-state index in [1.807, 2.05) is 17.5 Å². The normalized spacial score (nSPS) is 10.4. The van der Waals surface area contributed by atoms with Gasteiger partial charge in [-0.1, -0.05) is 18.2 Å². The largest absolute Gasteiger partial charge is 0.319 e. The topological polar surface area (TPSA) is 107 Å². The molecule has 0 unspecified atom stereocenters. The van der Waals surface area contributed by atoms with Crippen molar-refractivity contribution >= 4 is 28.6 Å². The van der Waals surface area contributed by atoms with Gasteiger partial charge in [0.25, 0.3) is 11.2 Å². The van der Waals surface area contributed by atoms with Gasteiger partial charge >= 0.3 is 0 Å². The van der Waals surface area contributed by atoms with Crippen LogP contribution in [0, 0.1) is 10.1 Å². The fourth-order valence-electron chi connectivity index (χ4n) is 2.18. The fourth-order valence-corrected chi connectivity index (χ4v) is 2.87. The van der Waals surface area contributed by atoms with E-state index in [0.29, 0.717) is 5.69 Å². The summed E-state index contributed by atoms with van der Waals surface area (Å²) in [7, 11) is 0. The van der Waals surface area contributed by atoms with Gasteiger partial charge in [0, 0.05) is 12.1 Å². The highest BCUT2D eigenvalue weighted by Crippen LogP contribution is 2.23. The van der Waals surface area contributed by atoms with Crippen LogP contribution in [-0.2, 0) is 11.3 Å². The number of rotatable bonds is 5. The lowest BCUT2D eigenvalue weighted by atomic mass is 10.2. The first-order valence-corrected chi connectivity index (χ1v) is 8.08. The summed E-state index contributed by atoms with van der Waals surface area (Å²) in [6, 6.07) is 12.4. The molecule has 0 spiro atoms. The van der Waals surface area contributed by atoms with Gasteiger partial charge in [-0.3, -0.25) is 19.7 Å². The van der Waals surface area contributed by atoms with Gasteiger partial charge < -0.3 is 5.32 Å². The zero-order valence-electron chi connectivity index (χ0n) is 12.8. The predicted octanol–water partition coefficient (Wildman–Crippen LogP) is 2.52. The molecule has 1 aromatic carbocycles. The highest BCUT2D eigenvalue weighted by molar-refractivity contribution is 7.13. The molecule has 0 aliphatic heterocycles. The molecule has 0 saturated heterocycles. The van der Waals surface area contributed by atoms with Crippen LogP contribution in [0.5, 0.6) is 0 Å². The molecule has 126 valence electrons. The average molecular weight is 356 g/mol. The zero-order valence-corrected chi connectivity index (χ0v) is 13.6. The lowest BCUT2D eigenvalue weighted by molar-refractivity contribution is -0.383. The Morgan fingerprint density at radius 2 is 2.00 bits per heavy atom. The van der Waals surface area contributed by atoms with Crippen LogP contribution in [0.3, 0.4) is 0 Å². The lowest BCUT2D eigenvalue weighted by Crippen LogP contribution is -2.29. The molecule has 0 fully saturated rings. The summed E-state index contributed by atoms with van der Waals surface area (Å²) in [5.41, 5.74) is -0.00504. The molecule has 1 amide bonds. The van der Waals surface area contributed by atoms with Crippen molar-refractivity contribution in [3.8, 4) is 10.6 Å². The molecular formula is C16H12N4O4S. The van der Waals surface area contributed by atoms with Crippen LogP contribution < -0.4 is 10.9 Å². The maximum atomic E-state index is 12.2. The Labute approximate surface area is 145 Å². The number of carbonyl (C=O) groups excluding carboxylic acids is 1. The second-order valence-electron chi connectivity index (χ2n) is 5.01. The maximum Gasteiger partial charge on any atom is 0.292 e. The molecule has 1 N–H and O–H groups in total. The SMILES string of the molecule is O=C(Cn1nc(-c2cccs2)ccc1=O)Nc1ccccc1[N+](=O)[O-]. The quantitative estimate of drug-likeness (QED) is 0.558. The summed E-state index contributed by atoms with van der Waals surface area (Å²) in [5, 5.41) is 19.5. The molecule has 9 heteroatoms. The van der Waals surface area contributed by atoms with Crippen LogP contribution in [0.25, 0.3) is 10.6 Å². The summed E-state index contributed by atoms with van der Waals surface area (Å²) in [6.45, 7) is -0.343. The highest BCUT2D eigenvalue weighted by atomic mass is 32.1. The van der Waals surface area contributed by atoms with Crippen LogP contribution in [0.4, 0.5) is 11.4 Å². The molecule has 0 aliphatic rings. The zero-order chi connectivity index (χ0) is 17.8. The van der Waals surface area contributed by atoms with E-state index in [0.717, 1.165) is 9.56 Å². The monoisotopic (exact) mass is 356 g/mol. The van der Waals surface area contributed by atoms with E-state index in [1.54, 1.807) is 12.1 Å². The number of benzene rings is 1. The molecule has 3 rings (SSSR count). The maximum absolute atomic E-state index is 12.2. The third-order valence-corrected chi connectivity index (χ3v) is 4.20. The first-order valence-electron chi connectivity index (χ1n) is 7.20. The molecule has 0 aliphatic carbocycles. The van der Waals surface area contributed by atoms with Crippen LogP contribution in [-0.4, -0.2) is 20.6 Å². The van der Waals surface area contributed by atoms with Crippen LogP contribution in [0.1, 0.15) is 0 Å². The van der Waals surface area contributed by atoms with Crippen molar-refractivity contribution in [2.75, 3.05) is 5.32 Å². The number of amides is 1. The van der Waals surface area contributed by atoms with Gasteiger partial charge in [-0.25, -0.2) is 4.68 Å². The number of nitrogens with one attached hydrogen (secondary N) is 1. The number of para-hydroxylation sites is 2. The Morgan fingerprint density at radius 3 is 2.72 bits per heavy atom. The molecule has 2 aromatic heterocycles. The van der Waals surface area contributed by atoms with Crippen molar-refractivity contribution in [1.29, 1.82) is 0 Å². The standard InChI is InChI=1S/C16H12N4O4S/c21-15(17-11-4-1-2-5-13(11)20(23)24)10-19-16(22)8-7-12(18-19)14-6-3-9-25-14/h1-9H,10H2,(H,17,21). The number of anilines is 1. The third kappa shape index (κ3) is 3.78. The average Bonchev–Trinajstić information content (AvgIpc) is 3.11. The van der Waals surface area contributed by atoms with Gasteiger partial charge in [0.15, 0.2) is 0 Å². The number of thiophene rings is 1. The second-order valence-corrected chi connectivity index (χ2v) is 5.96. The van der Waals surface area contributed by atoms with Gasteiger partial charge in [-0.15, -0.1) is 11.3 Å². The Kier molecular flexibility index (Phi) is 4.66. The van der Waals surface area contributed by atoms with E-state index in [-0.39, 0.29) is 17.9 Å². The van der Waals surface area contributed by atoms with Crippen molar-refractivity contribution in [3.05, 3.63) is 74.4 Å². The minimum Gasteiger partial charge on any atom is -0.319 e. The van der Waals surface area contributed by atoms with E-state index in [4.69, 9.17) is 0 Å². The molecule has 3 aromatic rings. The lowest BCUT2D eigenvalue weighted by Gasteiger charge is -2.08. The number of nitro benzene ring substituents is 1. The van der Waals surface area contributed by atoms with E-state index in [2.05, 4.69) is 10.4 Å². The Hall–Kier alpha value is -3.33. The molecule has 0 bridgehead atoms. The van der Waals surface area contributed by atoms with Crippen molar-refractivity contribution < 1.29 is 9.72 Å². The molecule has 0 atom stereocenters. The predicted molar refractivity (Wildman–Crippen MR) is 93.5 cm³/mol. The third-order valence-electron chi connectivity index (χ3n) is 3.31. The molecule has 25 heavy (non-hydrogen) atoms. The number of hydrogen-bond donors (Lipinski definition) is 1. The molecule has 2 heterocycles. The van der Waals surface area contributed by atoms with Gasteiger partial charge in [0.2, 0.25) is 5.91 Å². The second kappa shape index (κ2) is 7.05. The van der Waals surface area contributed by atoms with Gasteiger partial charge in [-0.05, 0) is 23.6 Å². The summed E-state index contributed by atoms with van der Waals surface area (Å²) >= 11 is 1.46. The van der Waals surface area contributed by atoms with Gasteiger partial charge in [0.05, 0.1) is 9.80 Å². The van der Waals surface area contributed by atoms with Crippen LogP contribution in [0.15, 0.2) is 58.7 Å². The van der Waals surface area contributed by atoms with Crippen molar-refractivity contribution in [2.45, 2.75) is 6.54 Å². The minimum atomic E-state index is -0.586. The van der Waals surface area contributed by atoms with E-state index >= 15 is 0 Å². The highest BCUT2D eigenvalue weighted by Gasteiger charge is 2.15. The van der Waals surface area contributed by atoms with Crippen molar-refractivity contribution in [3.63, 3.8) is 0 Å². The molecule has 8 nitrogen and oxygen atoms in total. The molecule has 0 saturated carbocycles. The number of nitrogens with zero attached hydrogens (tertiary/aromatic N) is 3. The summed E-state index contributed by atoms with van der Waals surface area (Å²) in [6.07, 6.45) is 0. The summed E-state index contributed by atoms with van der Waals surface area (Å²) in [5.74, 6) is -0.577. The number of nitro groups is 1. The fraction of sp³-hybridized carbons (Fsp3) is 0.0625. The van der Waals surface area contributed by atoms with Gasteiger partial charge in [-0.2, -0.15) is 5.10 Å². The molecular weight excluding hydrogens is 344 g/mol. The van der Waals surface area contributed by atoms with Crippen LogP contribution in [0.2, 0.25) is 0 Å². The van der Waals surface area contributed by atoms with Gasteiger partial charge in [0.1, 0.15) is 17.9 Å².